The van der Waals surface area contributed by atoms with Crippen molar-refractivity contribution in [1.82, 2.24) is 5.32 Å². The molecule has 4 nitrogen and oxygen atoms in total. The van der Waals surface area contributed by atoms with E-state index in [2.05, 4.69) is 5.32 Å². The van der Waals surface area contributed by atoms with Crippen molar-refractivity contribution in [3.63, 3.8) is 0 Å². The fourth-order valence-electron chi connectivity index (χ4n) is 1.40. The summed E-state index contributed by atoms with van der Waals surface area (Å²) in [4.78, 5) is 21.6. The number of carbonyl (C=O) groups excluding carboxylic acids is 1. The SMILES string of the molecule is CCNC(=O)CSCc1ccc(/C=C/C(=O)O)cc1. The average molecular weight is 279 g/mol. The van der Waals surface area contributed by atoms with E-state index in [1.54, 1.807) is 17.8 Å². The molecule has 2 N–H and O–H groups in total. The smallest absolute Gasteiger partial charge is 0.328 e. The summed E-state index contributed by atoms with van der Waals surface area (Å²) in [7, 11) is 0. The van der Waals surface area contributed by atoms with Crippen molar-refractivity contribution in [2.45, 2.75) is 12.7 Å². The van der Waals surface area contributed by atoms with E-state index < -0.39 is 5.97 Å². The molecule has 0 unspecified atom stereocenters. The van der Waals surface area contributed by atoms with Gasteiger partial charge in [-0.25, -0.2) is 4.79 Å². The summed E-state index contributed by atoms with van der Waals surface area (Å²) in [5.74, 6) is 0.309. The van der Waals surface area contributed by atoms with Crippen molar-refractivity contribution < 1.29 is 14.7 Å². The van der Waals surface area contributed by atoms with E-state index in [9.17, 15) is 9.59 Å². The van der Waals surface area contributed by atoms with E-state index in [0.717, 1.165) is 23.0 Å². The first kappa shape index (κ1) is 15.3. The van der Waals surface area contributed by atoms with E-state index in [1.807, 2.05) is 31.2 Å². The summed E-state index contributed by atoms with van der Waals surface area (Å²) in [6.07, 6.45) is 2.66. The summed E-state index contributed by atoms with van der Waals surface area (Å²) in [6, 6.07) is 7.60. The fourth-order valence-corrected chi connectivity index (χ4v) is 2.22. The topological polar surface area (TPSA) is 66.4 Å². The highest BCUT2D eigenvalue weighted by Crippen LogP contribution is 2.13. The normalized spacial score (nSPS) is 10.6. The molecule has 0 heterocycles. The Hall–Kier alpha value is -1.75. The van der Waals surface area contributed by atoms with Crippen LogP contribution in [0, 0.1) is 0 Å². The summed E-state index contributed by atoms with van der Waals surface area (Å²) in [6.45, 7) is 2.55. The van der Waals surface area contributed by atoms with Gasteiger partial charge in [-0.15, -0.1) is 11.8 Å². The van der Waals surface area contributed by atoms with Gasteiger partial charge in [0.25, 0.3) is 0 Å². The quantitative estimate of drug-likeness (QED) is 0.751. The predicted octanol–water partition coefficient (Wildman–Crippen LogP) is 2.15. The third-order valence-corrected chi connectivity index (χ3v) is 3.28. The van der Waals surface area contributed by atoms with Crippen LogP contribution in [-0.4, -0.2) is 29.3 Å². The minimum atomic E-state index is -0.957. The van der Waals surface area contributed by atoms with Crippen LogP contribution in [-0.2, 0) is 15.3 Å². The van der Waals surface area contributed by atoms with Crippen LogP contribution in [0.15, 0.2) is 30.3 Å². The van der Waals surface area contributed by atoms with E-state index >= 15 is 0 Å². The number of rotatable bonds is 7. The molecular formula is C14H17NO3S. The molecule has 1 rings (SSSR count). The predicted molar refractivity (Wildman–Crippen MR) is 78.0 cm³/mol. The van der Waals surface area contributed by atoms with Gasteiger partial charge in [0.05, 0.1) is 5.75 Å². The Kier molecular flexibility index (Phi) is 6.74. The van der Waals surface area contributed by atoms with Gasteiger partial charge < -0.3 is 10.4 Å². The summed E-state index contributed by atoms with van der Waals surface area (Å²) in [5.41, 5.74) is 1.96. The maximum Gasteiger partial charge on any atom is 0.328 e. The number of amides is 1. The molecule has 0 fully saturated rings. The molecule has 5 heteroatoms. The van der Waals surface area contributed by atoms with Crippen molar-refractivity contribution in [2.75, 3.05) is 12.3 Å². The number of aliphatic carboxylic acids is 1. The summed E-state index contributed by atoms with van der Waals surface area (Å²) < 4.78 is 0. The van der Waals surface area contributed by atoms with Crippen LogP contribution in [0.25, 0.3) is 6.08 Å². The Balaban J connectivity index is 2.40. The van der Waals surface area contributed by atoms with Crippen molar-refractivity contribution in [2.24, 2.45) is 0 Å². The van der Waals surface area contributed by atoms with Crippen molar-refractivity contribution in [3.8, 4) is 0 Å². The molecule has 1 amide bonds. The van der Waals surface area contributed by atoms with Crippen LogP contribution < -0.4 is 5.32 Å². The van der Waals surface area contributed by atoms with Gasteiger partial charge in [0.1, 0.15) is 0 Å². The third kappa shape index (κ3) is 6.67. The summed E-state index contributed by atoms with van der Waals surface area (Å²) >= 11 is 1.55. The molecule has 0 aliphatic carbocycles. The lowest BCUT2D eigenvalue weighted by Crippen LogP contribution is -2.24. The zero-order valence-corrected chi connectivity index (χ0v) is 11.6. The molecule has 0 saturated carbocycles. The molecule has 19 heavy (non-hydrogen) atoms. The molecule has 0 bridgehead atoms. The van der Waals surface area contributed by atoms with E-state index in [-0.39, 0.29) is 5.91 Å². The number of thioether (sulfide) groups is 1. The van der Waals surface area contributed by atoms with Gasteiger partial charge >= 0.3 is 5.97 Å². The van der Waals surface area contributed by atoms with Crippen LogP contribution in [0.4, 0.5) is 0 Å². The molecule has 1 aromatic carbocycles. The highest BCUT2D eigenvalue weighted by Gasteiger charge is 2.00. The fraction of sp³-hybridized carbons (Fsp3) is 0.286. The number of carboxylic acid groups (broad SMARTS) is 1. The number of nitrogens with one attached hydrogen (secondary N) is 1. The van der Waals surface area contributed by atoms with Gasteiger partial charge in [0, 0.05) is 18.4 Å². The second-order valence-corrected chi connectivity index (χ2v) is 4.85. The number of carboxylic acids is 1. The number of hydrogen-bond donors (Lipinski definition) is 2. The van der Waals surface area contributed by atoms with Gasteiger partial charge in [-0.3, -0.25) is 4.79 Å². The monoisotopic (exact) mass is 279 g/mol. The van der Waals surface area contributed by atoms with Gasteiger partial charge in [0.2, 0.25) is 5.91 Å². The van der Waals surface area contributed by atoms with E-state index in [4.69, 9.17) is 5.11 Å². The van der Waals surface area contributed by atoms with Crippen LogP contribution in [0.2, 0.25) is 0 Å². The maximum absolute atomic E-state index is 11.2. The molecule has 0 radical (unpaired) electrons. The van der Waals surface area contributed by atoms with Crippen molar-refractivity contribution in [1.29, 1.82) is 0 Å². The molecule has 0 saturated heterocycles. The molecule has 1 aromatic rings. The zero-order chi connectivity index (χ0) is 14.1. The molecule has 0 aliphatic rings. The Labute approximate surface area is 116 Å². The minimum absolute atomic E-state index is 0.0495. The molecular weight excluding hydrogens is 262 g/mol. The first-order chi connectivity index (χ1) is 9.11. The van der Waals surface area contributed by atoms with Gasteiger partial charge in [-0.2, -0.15) is 0 Å². The second-order valence-electron chi connectivity index (χ2n) is 3.86. The maximum atomic E-state index is 11.2. The number of hydrogen-bond acceptors (Lipinski definition) is 3. The molecule has 0 aromatic heterocycles. The van der Waals surface area contributed by atoms with E-state index in [1.165, 1.54) is 0 Å². The molecule has 102 valence electrons. The Morgan fingerprint density at radius 3 is 2.58 bits per heavy atom. The number of benzene rings is 1. The van der Waals surface area contributed by atoms with Crippen LogP contribution in [0.3, 0.4) is 0 Å². The average Bonchev–Trinajstić information content (AvgIpc) is 2.38. The lowest BCUT2D eigenvalue weighted by Gasteiger charge is -2.03. The van der Waals surface area contributed by atoms with Gasteiger partial charge in [-0.05, 0) is 24.1 Å². The lowest BCUT2D eigenvalue weighted by atomic mass is 10.1. The Morgan fingerprint density at radius 1 is 1.32 bits per heavy atom. The molecule has 0 aliphatic heterocycles. The largest absolute Gasteiger partial charge is 0.478 e. The van der Waals surface area contributed by atoms with Crippen molar-refractivity contribution >= 4 is 29.7 Å². The first-order valence-corrected chi connectivity index (χ1v) is 7.11. The van der Waals surface area contributed by atoms with Gasteiger partial charge in [-0.1, -0.05) is 24.3 Å². The zero-order valence-electron chi connectivity index (χ0n) is 10.8. The number of carbonyl (C=O) groups is 2. The highest BCUT2D eigenvalue weighted by atomic mass is 32.2. The second kappa shape index (κ2) is 8.37. The highest BCUT2D eigenvalue weighted by molar-refractivity contribution is 7.99. The van der Waals surface area contributed by atoms with Gasteiger partial charge in [0.15, 0.2) is 0 Å². The van der Waals surface area contributed by atoms with Crippen molar-refractivity contribution in [3.05, 3.63) is 41.5 Å². The Bertz CT molecular complexity index is 454. The third-order valence-electron chi connectivity index (χ3n) is 2.27. The minimum Gasteiger partial charge on any atom is -0.478 e. The summed E-state index contributed by atoms with van der Waals surface area (Å²) in [5, 5.41) is 11.3. The van der Waals surface area contributed by atoms with Crippen LogP contribution in [0.5, 0.6) is 0 Å². The van der Waals surface area contributed by atoms with E-state index in [0.29, 0.717) is 12.3 Å². The Morgan fingerprint density at radius 2 is 2.00 bits per heavy atom. The molecule has 0 atom stereocenters. The first-order valence-electron chi connectivity index (χ1n) is 5.96. The lowest BCUT2D eigenvalue weighted by molar-refractivity contribution is -0.131. The standard InChI is InChI=1S/C14H17NO3S/c1-2-15-13(16)10-19-9-12-5-3-11(4-6-12)7-8-14(17)18/h3-8H,2,9-10H2,1H3,(H,15,16)(H,17,18)/b8-7+. The van der Waals surface area contributed by atoms with Crippen LogP contribution in [0.1, 0.15) is 18.1 Å². The van der Waals surface area contributed by atoms with Crippen LogP contribution >= 0.6 is 11.8 Å². The molecule has 0 spiro atoms.